The van der Waals surface area contributed by atoms with Crippen molar-refractivity contribution in [3.8, 4) is 0 Å². The topological polar surface area (TPSA) is 41.1 Å². The molecule has 21 heavy (non-hydrogen) atoms. The van der Waals surface area contributed by atoms with Crippen LogP contribution in [0.3, 0.4) is 0 Å². The molecule has 2 N–H and O–H groups in total. The van der Waals surface area contributed by atoms with Crippen molar-refractivity contribution in [2.45, 2.75) is 19.9 Å². The molecule has 1 aliphatic rings. The smallest absolute Gasteiger partial charge is 0.255 e. The van der Waals surface area contributed by atoms with Crippen LogP contribution in [0.4, 0.5) is 5.69 Å². The SMILES string of the molecule is Cc1ccc(Cl)cc1C(=O)Nc1ccc2c(c1)CNCC2. The largest absolute Gasteiger partial charge is 0.322 e. The van der Waals surface area contributed by atoms with Gasteiger partial charge in [-0.15, -0.1) is 0 Å². The van der Waals surface area contributed by atoms with Crippen molar-refractivity contribution in [2.24, 2.45) is 0 Å². The zero-order valence-electron chi connectivity index (χ0n) is 11.9. The second-order valence-electron chi connectivity index (χ2n) is 5.32. The van der Waals surface area contributed by atoms with E-state index in [-0.39, 0.29) is 5.91 Å². The third kappa shape index (κ3) is 3.09. The minimum atomic E-state index is -0.126. The molecule has 0 atom stereocenters. The van der Waals surface area contributed by atoms with Gasteiger partial charge in [0.15, 0.2) is 0 Å². The number of carbonyl (C=O) groups excluding carboxylic acids is 1. The lowest BCUT2D eigenvalue weighted by atomic mass is 10.0. The Morgan fingerprint density at radius 3 is 2.90 bits per heavy atom. The van der Waals surface area contributed by atoms with Gasteiger partial charge in [-0.1, -0.05) is 23.7 Å². The van der Waals surface area contributed by atoms with Gasteiger partial charge in [0.25, 0.3) is 5.91 Å². The predicted molar refractivity (Wildman–Crippen MR) is 86.0 cm³/mol. The van der Waals surface area contributed by atoms with Gasteiger partial charge in [-0.3, -0.25) is 4.79 Å². The molecule has 2 aromatic rings. The molecule has 1 amide bonds. The molecule has 108 valence electrons. The number of hydrogen-bond acceptors (Lipinski definition) is 2. The molecule has 0 saturated carbocycles. The number of hydrogen-bond donors (Lipinski definition) is 2. The molecule has 0 saturated heterocycles. The molecule has 4 heteroatoms. The lowest BCUT2D eigenvalue weighted by Gasteiger charge is -2.18. The molecule has 0 bridgehead atoms. The van der Waals surface area contributed by atoms with Crippen molar-refractivity contribution in [2.75, 3.05) is 11.9 Å². The first-order valence-corrected chi connectivity index (χ1v) is 7.41. The second kappa shape index (κ2) is 5.88. The molecular formula is C17H17ClN2O. The van der Waals surface area contributed by atoms with Gasteiger partial charge in [0.05, 0.1) is 0 Å². The summed E-state index contributed by atoms with van der Waals surface area (Å²) in [6.45, 7) is 3.78. The molecule has 1 aliphatic heterocycles. The first-order chi connectivity index (χ1) is 10.1. The first kappa shape index (κ1) is 14.1. The number of benzene rings is 2. The molecule has 0 aromatic heterocycles. The number of amides is 1. The molecule has 0 radical (unpaired) electrons. The van der Waals surface area contributed by atoms with Crippen molar-refractivity contribution in [1.29, 1.82) is 0 Å². The first-order valence-electron chi connectivity index (χ1n) is 7.03. The van der Waals surface area contributed by atoms with Gasteiger partial charge in [0.2, 0.25) is 0 Å². The van der Waals surface area contributed by atoms with Gasteiger partial charge in [0, 0.05) is 22.8 Å². The highest BCUT2D eigenvalue weighted by molar-refractivity contribution is 6.31. The van der Waals surface area contributed by atoms with Crippen LogP contribution >= 0.6 is 11.6 Å². The summed E-state index contributed by atoms with van der Waals surface area (Å²) in [4.78, 5) is 12.4. The Kier molecular flexibility index (Phi) is 3.95. The molecule has 3 nitrogen and oxygen atoms in total. The summed E-state index contributed by atoms with van der Waals surface area (Å²) < 4.78 is 0. The van der Waals surface area contributed by atoms with Crippen molar-refractivity contribution in [1.82, 2.24) is 5.32 Å². The van der Waals surface area contributed by atoms with Crippen LogP contribution in [0.15, 0.2) is 36.4 Å². The van der Waals surface area contributed by atoms with Crippen molar-refractivity contribution in [3.05, 3.63) is 63.7 Å². The maximum Gasteiger partial charge on any atom is 0.255 e. The van der Waals surface area contributed by atoms with Gasteiger partial charge in [-0.05, 0) is 60.8 Å². The highest BCUT2D eigenvalue weighted by Gasteiger charge is 2.12. The predicted octanol–water partition coefficient (Wildman–Crippen LogP) is 3.55. The highest BCUT2D eigenvalue weighted by atomic mass is 35.5. The fourth-order valence-electron chi connectivity index (χ4n) is 2.60. The number of rotatable bonds is 2. The number of anilines is 1. The summed E-state index contributed by atoms with van der Waals surface area (Å²) in [5.74, 6) is -0.126. The molecule has 0 spiro atoms. The fourth-order valence-corrected chi connectivity index (χ4v) is 2.77. The number of fused-ring (bicyclic) bond motifs is 1. The third-order valence-electron chi connectivity index (χ3n) is 3.79. The number of nitrogens with one attached hydrogen (secondary N) is 2. The van der Waals surface area contributed by atoms with E-state index in [9.17, 15) is 4.79 Å². The Morgan fingerprint density at radius 2 is 2.05 bits per heavy atom. The van der Waals surface area contributed by atoms with Crippen LogP contribution in [0.25, 0.3) is 0 Å². The average molecular weight is 301 g/mol. The lowest BCUT2D eigenvalue weighted by molar-refractivity contribution is 0.102. The van der Waals surface area contributed by atoms with Crippen LogP contribution in [0.5, 0.6) is 0 Å². The van der Waals surface area contributed by atoms with Crippen LogP contribution in [0, 0.1) is 6.92 Å². The Morgan fingerprint density at radius 1 is 1.19 bits per heavy atom. The van der Waals surface area contributed by atoms with E-state index in [2.05, 4.69) is 16.7 Å². The van der Waals surface area contributed by atoms with E-state index in [0.29, 0.717) is 10.6 Å². The molecule has 2 aromatic carbocycles. The quantitative estimate of drug-likeness (QED) is 0.890. The minimum absolute atomic E-state index is 0.126. The van der Waals surface area contributed by atoms with E-state index in [1.807, 2.05) is 25.1 Å². The van der Waals surface area contributed by atoms with Gasteiger partial charge in [0.1, 0.15) is 0 Å². The number of aryl methyl sites for hydroxylation is 1. The fraction of sp³-hybridized carbons (Fsp3) is 0.235. The molecular weight excluding hydrogens is 284 g/mol. The number of carbonyl (C=O) groups is 1. The van der Waals surface area contributed by atoms with E-state index in [4.69, 9.17) is 11.6 Å². The van der Waals surface area contributed by atoms with E-state index in [1.54, 1.807) is 12.1 Å². The van der Waals surface area contributed by atoms with E-state index < -0.39 is 0 Å². The molecule has 0 unspecified atom stereocenters. The lowest BCUT2D eigenvalue weighted by Crippen LogP contribution is -2.23. The van der Waals surface area contributed by atoms with E-state index in [0.717, 1.165) is 30.8 Å². The van der Waals surface area contributed by atoms with Crippen molar-refractivity contribution in [3.63, 3.8) is 0 Å². The summed E-state index contributed by atoms with van der Waals surface area (Å²) in [5.41, 5.74) is 4.95. The van der Waals surface area contributed by atoms with Crippen molar-refractivity contribution < 1.29 is 4.79 Å². The normalized spacial score (nSPS) is 13.6. The summed E-state index contributed by atoms with van der Waals surface area (Å²) in [6, 6.07) is 11.4. The summed E-state index contributed by atoms with van der Waals surface area (Å²) in [5, 5.41) is 6.86. The van der Waals surface area contributed by atoms with Crippen LogP contribution in [0.2, 0.25) is 5.02 Å². The zero-order valence-corrected chi connectivity index (χ0v) is 12.6. The molecule has 1 heterocycles. The zero-order chi connectivity index (χ0) is 14.8. The Bertz CT molecular complexity index is 697. The maximum atomic E-state index is 12.4. The van der Waals surface area contributed by atoms with Gasteiger partial charge in [-0.2, -0.15) is 0 Å². The van der Waals surface area contributed by atoms with Gasteiger partial charge in [-0.25, -0.2) is 0 Å². The average Bonchev–Trinajstić information content (AvgIpc) is 2.49. The van der Waals surface area contributed by atoms with Crippen LogP contribution < -0.4 is 10.6 Å². The van der Waals surface area contributed by atoms with Gasteiger partial charge < -0.3 is 10.6 Å². The van der Waals surface area contributed by atoms with Crippen LogP contribution in [-0.4, -0.2) is 12.5 Å². The number of halogens is 1. The van der Waals surface area contributed by atoms with Gasteiger partial charge >= 0.3 is 0 Å². The van der Waals surface area contributed by atoms with Crippen LogP contribution in [-0.2, 0) is 13.0 Å². The molecule has 0 fully saturated rings. The van der Waals surface area contributed by atoms with Crippen LogP contribution in [0.1, 0.15) is 27.0 Å². The minimum Gasteiger partial charge on any atom is -0.322 e. The summed E-state index contributed by atoms with van der Waals surface area (Å²) in [7, 11) is 0. The Balaban J connectivity index is 1.83. The summed E-state index contributed by atoms with van der Waals surface area (Å²) in [6.07, 6.45) is 1.04. The van der Waals surface area contributed by atoms with Crippen molar-refractivity contribution >= 4 is 23.2 Å². The highest BCUT2D eigenvalue weighted by Crippen LogP contribution is 2.21. The maximum absolute atomic E-state index is 12.4. The third-order valence-corrected chi connectivity index (χ3v) is 4.03. The second-order valence-corrected chi connectivity index (χ2v) is 5.76. The van der Waals surface area contributed by atoms with E-state index >= 15 is 0 Å². The Hall–Kier alpha value is -1.84. The molecule has 0 aliphatic carbocycles. The standard InChI is InChI=1S/C17H17ClN2O/c1-11-2-4-14(18)9-16(11)17(21)20-15-5-3-12-6-7-19-10-13(12)8-15/h2-5,8-9,19H,6-7,10H2,1H3,(H,20,21). The summed E-state index contributed by atoms with van der Waals surface area (Å²) >= 11 is 5.97. The Labute approximate surface area is 129 Å². The monoisotopic (exact) mass is 300 g/mol. The van der Waals surface area contributed by atoms with E-state index in [1.165, 1.54) is 11.1 Å². The molecule has 3 rings (SSSR count).